The van der Waals surface area contributed by atoms with E-state index < -0.39 is 11.9 Å². The molecule has 0 bridgehead atoms. The van der Waals surface area contributed by atoms with Crippen LogP contribution in [-0.4, -0.2) is 50.6 Å². The standard InChI is InChI=1S/C22H22O8/c1-27-19-11-13(5-7-17(19)23)9-15(21(25)29-3)16(22(26)30-4)10-14-6-8-18(24)20(12-14)28-2/h5-12,23-24H,1-4H3/b15-9+,16-10+. The average molecular weight is 414 g/mol. The van der Waals surface area contributed by atoms with Crippen molar-refractivity contribution in [2.45, 2.75) is 0 Å². The molecule has 0 fully saturated rings. The molecule has 0 amide bonds. The number of carbonyl (C=O) groups excluding carboxylic acids is 2. The maximum Gasteiger partial charge on any atom is 0.338 e. The zero-order valence-electron chi connectivity index (χ0n) is 17.0. The van der Waals surface area contributed by atoms with Crippen LogP contribution < -0.4 is 9.47 Å². The van der Waals surface area contributed by atoms with E-state index in [0.29, 0.717) is 11.1 Å². The summed E-state index contributed by atoms with van der Waals surface area (Å²) in [5.41, 5.74) is 0.791. The first-order chi connectivity index (χ1) is 14.3. The summed E-state index contributed by atoms with van der Waals surface area (Å²) < 4.78 is 19.8. The number of benzene rings is 2. The van der Waals surface area contributed by atoms with E-state index in [2.05, 4.69) is 0 Å². The van der Waals surface area contributed by atoms with E-state index in [4.69, 9.17) is 18.9 Å². The predicted molar refractivity (Wildman–Crippen MR) is 109 cm³/mol. The number of esters is 2. The third-order valence-electron chi connectivity index (χ3n) is 4.13. The molecule has 0 aliphatic carbocycles. The van der Waals surface area contributed by atoms with Gasteiger partial charge < -0.3 is 29.2 Å². The molecule has 0 spiro atoms. The third-order valence-corrected chi connectivity index (χ3v) is 4.13. The van der Waals surface area contributed by atoms with Gasteiger partial charge in [-0.1, -0.05) is 12.1 Å². The van der Waals surface area contributed by atoms with Gasteiger partial charge in [0.25, 0.3) is 0 Å². The van der Waals surface area contributed by atoms with Gasteiger partial charge in [0.1, 0.15) is 0 Å². The Balaban J connectivity index is 2.67. The number of carbonyl (C=O) groups is 2. The molecule has 0 radical (unpaired) electrons. The zero-order chi connectivity index (χ0) is 22.3. The Morgan fingerprint density at radius 3 is 1.37 bits per heavy atom. The molecule has 2 aromatic carbocycles. The number of aromatic hydroxyl groups is 2. The number of methoxy groups -OCH3 is 4. The topological polar surface area (TPSA) is 112 Å². The van der Waals surface area contributed by atoms with E-state index in [0.717, 1.165) is 0 Å². The predicted octanol–water partition coefficient (Wildman–Crippen LogP) is 2.93. The summed E-state index contributed by atoms with van der Waals surface area (Å²) in [4.78, 5) is 25.0. The van der Waals surface area contributed by atoms with Gasteiger partial charge in [-0.05, 0) is 47.5 Å². The van der Waals surface area contributed by atoms with Crippen molar-refractivity contribution in [3.63, 3.8) is 0 Å². The van der Waals surface area contributed by atoms with Gasteiger partial charge in [0.15, 0.2) is 23.0 Å². The Morgan fingerprint density at radius 2 is 1.07 bits per heavy atom. The summed E-state index contributed by atoms with van der Waals surface area (Å²) in [7, 11) is 5.15. The first-order valence-corrected chi connectivity index (χ1v) is 8.69. The fraction of sp³-hybridized carbons (Fsp3) is 0.182. The monoisotopic (exact) mass is 414 g/mol. The summed E-state index contributed by atoms with van der Waals surface area (Å²) in [6.07, 6.45) is 2.82. The highest BCUT2D eigenvalue weighted by atomic mass is 16.5. The molecule has 0 unspecified atom stereocenters. The van der Waals surface area contributed by atoms with Crippen molar-refractivity contribution in [2.75, 3.05) is 28.4 Å². The Labute approximate surface area is 173 Å². The van der Waals surface area contributed by atoms with Gasteiger partial charge in [-0.25, -0.2) is 9.59 Å². The first-order valence-electron chi connectivity index (χ1n) is 8.69. The summed E-state index contributed by atoms with van der Waals surface area (Å²) in [5.74, 6) is -1.31. The molecule has 158 valence electrons. The van der Waals surface area contributed by atoms with Gasteiger partial charge in [0, 0.05) is 0 Å². The van der Waals surface area contributed by atoms with Gasteiger partial charge in [-0.3, -0.25) is 0 Å². The minimum Gasteiger partial charge on any atom is -0.504 e. The van der Waals surface area contributed by atoms with E-state index >= 15 is 0 Å². The molecule has 2 rings (SSSR count). The summed E-state index contributed by atoms with van der Waals surface area (Å²) in [5, 5.41) is 19.5. The number of rotatable bonds is 7. The van der Waals surface area contributed by atoms with Crippen molar-refractivity contribution in [3.05, 3.63) is 58.7 Å². The van der Waals surface area contributed by atoms with Crippen LogP contribution in [0.25, 0.3) is 12.2 Å². The van der Waals surface area contributed by atoms with E-state index in [1.807, 2.05) is 0 Å². The number of hydrogen-bond acceptors (Lipinski definition) is 8. The number of phenols is 2. The van der Waals surface area contributed by atoms with Gasteiger partial charge in [0.2, 0.25) is 0 Å². The Bertz CT molecular complexity index is 923. The van der Waals surface area contributed by atoms with Gasteiger partial charge in [-0.2, -0.15) is 0 Å². The molecule has 0 saturated carbocycles. The molecule has 0 atom stereocenters. The lowest BCUT2D eigenvalue weighted by Gasteiger charge is -2.11. The summed E-state index contributed by atoms with van der Waals surface area (Å²) in [6.45, 7) is 0. The summed E-state index contributed by atoms with van der Waals surface area (Å²) in [6, 6.07) is 8.87. The van der Waals surface area contributed by atoms with Crippen LogP contribution in [0, 0.1) is 0 Å². The molecule has 2 aromatic rings. The lowest BCUT2D eigenvalue weighted by molar-refractivity contribution is -0.139. The molecule has 0 aliphatic heterocycles. The van der Waals surface area contributed by atoms with Gasteiger partial charge >= 0.3 is 11.9 Å². The van der Waals surface area contributed by atoms with E-state index in [9.17, 15) is 19.8 Å². The molecule has 2 N–H and O–H groups in total. The molecule has 8 nitrogen and oxygen atoms in total. The minimum absolute atomic E-state index is 0.0748. The van der Waals surface area contributed by atoms with Crippen LogP contribution in [0.5, 0.6) is 23.0 Å². The smallest absolute Gasteiger partial charge is 0.338 e. The van der Waals surface area contributed by atoms with Gasteiger partial charge in [-0.15, -0.1) is 0 Å². The van der Waals surface area contributed by atoms with Crippen molar-refractivity contribution >= 4 is 24.1 Å². The zero-order valence-corrected chi connectivity index (χ0v) is 17.0. The minimum atomic E-state index is -0.774. The molecule has 30 heavy (non-hydrogen) atoms. The highest BCUT2D eigenvalue weighted by Crippen LogP contribution is 2.30. The Kier molecular flexibility index (Phi) is 7.46. The molecular weight excluding hydrogens is 392 g/mol. The number of ether oxygens (including phenoxy) is 4. The molecular formula is C22H22O8. The van der Waals surface area contributed by atoms with Gasteiger partial charge in [0.05, 0.1) is 39.6 Å². The van der Waals surface area contributed by atoms with Crippen LogP contribution in [0.1, 0.15) is 11.1 Å². The van der Waals surface area contributed by atoms with E-state index in [1.165, 1.54) is 64.9 Å². The number of phenolic OH excluding ortho intramolecular Hbond substituents is 2. The van der Waals surface area contributed by atoms with E-state index in [1.54, 1.807) is 12.1 Å². The maximum atomic E-state index is 12.5. The second-order valence-corrected chi connectivity index (χ2v) is 5.96. The van der Waals surface area contributed by atoms with Crippen LogP contribution in [0.2, 0.25) is 0 Å². The highest BCUT2D eigenvalue weighted by molar-refractivity contribution is 6.12. The fourth-order valence-corrected chi connectivity index (χ4v) is 2.61. The molecule has 8 heteroatoms. The maximum absolute atomic E-state index is 12.5. The van der Waals surface area contributed by atoms with E-state index in [-0.39, 0.29) is 34.1 Å². The third kappa shape index (κ3) is 5.11. The van der Waals surface area contributed by atoms with Crippen molar-refractivity contribution < 1.29 is 38.7 Å². The number of hydrogen-bond donors (Lipinski definition) is 2. The Hall–Kier alpha value is -3.94. The van der Waals surface area contributed by atoms with Crippen LogP contribution in [0.4, 0.5) is 0 Å². The van der Waals surface area contributed by atoms with Crippen LogP contribution in [0.15, 0.2) is 47.5 Å². The Morgan fingerprint density at radius 1 is 0.700 bits per heavy atom. The second-order valence-electron chi connectivity index (χ2n) is 5.96. The molecule has 0 heterocycles. The van der Waals surface area contributed by atoms with Crippen molar-refractivity contribution in [1.29, 1.82) is 0 Å². The molecule has 0 saturated heterocycles. The quantitative estimate of drug-likeness (QED) is 0.404. The van der Waals surface area contributed by atoms with Crippen molar-refractivity contribution in [3.8, 4) is 23.0 Å². The normalized spacial score (nSPS) is 11.6. The van der Waals surface area contributed by atoms with Crippen LogP contribution in [0.3, 0.4) is 0 Å². The van der Waals surface area contributed by atoms with Crippen LogP contribution >= 0.6 is 0 Å². The summed E-state index contributed by atoms with van der Waals surface area (Å²) >= 11 is 0. The van der Waals surface area contributed by atoms with Crippen molar-refractivity contribution in [2.24, 2.45) is 0 Å². The largest absolute Gasteiger partial charge is 0.504 e. The second kappa shape index (κ2) is 10.0. The SMILES string of the molecule is COC(=O)C(=C/c1ccc(O)c(OC)c1)/C(=C\c1ccc(O)c(OC)c1)C(=O)OC. The highest BCUT2D eigenvalue weighted by Gasteiger charge is 2.23. The van der Waals surface area contributed by atoms with Crippen molar-refractivity contribution in [1.82, 2.24) is 0 Å². The average Bonchev–Trinajstić information content (AvgIpc) is 2.77. The van der Waals surface area contributed by atoms with Crippen LogP contribution in [-0.2, 0) is 19.1 Å². The lowest BCUT2D eigenvalue weighted by Crippen LogP contribution is -2.15. The first kappa shape index (κ1) is 22.4. The lowest BCUT2D eigenvalue weighted by atomic mass is 9.99. The molecule has 0 aromatic heterocycles. The fourth-order valence-electron chi connectivity index (χ4n) is 2.61. The molecule has 0 aliphatic rings.